The molecule has 2 heterocycles. The molecule has 0 saturated carbocycles. The molecule has 0 unspecified atom stereocenters. The maximum Gasteiger partial charge on any atom is 0.336 e. The number of hydrogen-bond donors (Lipinski definition) is 1. The van der Waals surface area contributed by atoms with E-state index in [0.717, 1.165) is 13.1 Å². The van der Waals surface area contributed by atoms with Gasteiger partial charge in [-0.15, -0.1) is 0 Å². The van der Waals surface area contributed by atoms with Crippen LogP contribution in [0.3, 0.4) is 0 Å². The van der Waals surface area contributed by atoms with E-state index < -0.39 is 5.97 Å². The molecule has 1 aliphatic rings. The number of carbonyl (C=O) groups is 1. The number of benzene rings is 1. The Kier molecular flexibility index (Phi) is 3.05. The maximum atomic E-state index is 11.4. The van der Waals surface area contributed by atoms with Gasteiger partial charge in [0.1, 0.15) is 5.82 Å². The van der Waals surface area contributed by atoms with E-state index in [0.29, 0.717) is 35.5 Å². The number of fused-ring (bicyclic) bond motifs is 1. The van der Waals surface area contributed by atoms with Crippen LogP contribution in [0.25, 0.3) is 10.9 Å². The number of pyridine rings is 1. The van der Waals surface area contributed by atoms with E-state index in [2.05, 4.69) is 9.88 Å². The number of aromatic carboxylic acids is 1. The molecule has 5 nitrogen and oxygen atoms in total. The number of carboxylic acids is 1. The predicted octanol–water partition coefficient (Wildman–Crippen LogP) is 1.77. The second-order valence-electron chi connectivity index (χ2n) is 4.45. The second kappa shape index (κ2) is 4.85. The molecule has 5 heteroatoms. The standard InChI is InChI=1S/C14H14N2O3/c17-14(18)11-9-13(16-5-7-19-8-6-16)15-12-4-2-1-3-10(11)12/h1-4,9H,5-8H2,(H,17,18). The smallest absolute Gasteiger partial charge is 0.336 e. The van der Waals surface area contributed by atoms with E-state index in [-0.39, 0.29) is 0 Å². The van der Waals surface area contributed by atoms with Crippen molar-refractivity contribution in [3.05, 3.63) is 35.9 Å². The lowest BCUT2D eigenvalue weighted by Gasteiger charge is -2.28. The van der Waals surface area contributed by atoms with E-state index in [9.17, 15) is 9.90 Å². The molecule has 0 amide bonds. The zero-order chi connectivity index (χ0) is 13.2. The van der Waals surface area contributed by atoms with Crippen molar-refractivity contribution in [1.29, 1.82) is 0 Å². The van der Waals surface area contributed by atoms with E-state index >= 15 is 0 Å². The molecule has 0 radical (unpaired) electrons. The van der Waals surface area contributed by atoms with Crippen LogP contribution in [0.4, 0.5) is 5.82 Å². The van der Waals surface area contributed by atoms with Crippen molar-refractivity contribution < 1.29 is 14.6 Å². The Labute approximate surface area is 110 Å². The van der Waals surface area contributed by atoms with Gasteiger partial charge in [-0.3, -0.25) is 0 Å². The lowest BCUT2D eigenvalue weighted by atomic mass is 10.1. The van der Waals surface area contributed by atoms with Gasteiger partial charge in [0.2, 0.25) is 0 Å². The lowest BCUT2D eigenvalue weighted by Crippen LogP contribution is -2.36. The fourth-order valence-corrected chi connectivity index (χ4v) is 2.29. The monoisotopic (exact) mass is 258 g/mol. The van der Waals surface area contributed by atoms with Crippen molar-refractivity contribution in [3.63, 3.8) is 0 Å². The zero-order valence-electron chi connectivity index (χ0n) is 10.4. The third-order valence-corrected chi connectivity index (χ3v) is 3.27. The Balaban J connectivity index is 2.12. The predicted molar refractivity (Wildman–Crippen MR) is 71.7 cm³/mol. The van der Waals surface area contributed by atoms with Crippen LogP contribution in [-0.2, 0) is 4.74 Å². The summed E-state index contributed by atoms with van der Waals surface area (Å²) in [5.41, 5.74) is 1.01. The molecular weight excluding hydrogens is 244 g/mol. The Morgan fingerprint density at radius 2 is 2.00 bits per heavy atom. The fraction of sp³-hybridized carbons (Fsp3) is 0.286. The van der Waals surface area contributed by atoms with E-state index in [1.807, 2.05) is 18.2 Å². The first-order valence-corrected chi connectivity index (χ1v) is 6.21. The number of ether oxygens (including phenoxy) is 1. The molecule has 1 saturated heterocycles. The lowest BCUT2D eigenvalue weighted by molar-refractivity contribution is 0.0699. The minimum absolute atomic E-state index is 0.298. The van der Waals surface area contributed by atoms with Gasteiger partial charge in [0.25, 0.3) is 0 Å². The van der Waals surface area contributed by atoms with E-state index in [4.69, 9.17) is 4.74 Å². The highest BCUT2D eigenvalue weighted by Gasteiger charge is 2.17. The SMILES string of the molecule is O=C(O)c1cc(N2CCOCC2)nc2ccccc12. The first-order valence-electron chi connectivity index (χ1n) is 6.21. The molecule has 0 atom stereocenters. The molecule has 2 aromatic rings. The van der Waals surface area contributed by atoms with Crippen LogP contribution in [0.1, 0.15) is 10.4 Å². The molecule has 0 spiro atoms. The molecule has 1 aromatic carbocycles. The average Bonchev–Trinajstić information content (AvgIpc) is 2.47. The van der Waals surface area contributed by atoms with Crippen molar-refractivity contribution in [2.45, 2.75) is 0 Å². The van der Waals surface area contributed by atoms with Crippen LogP contribution in [0.5, 0.6) is 0 Å². The number of hydrogen-bond acceptors (Lipinski definition) is 4. The van der Waals surface area contributed by atoms with Gasteiger partial charge in [0.15, 0.2) is 0 Å². The summed E-state index contributed by atoms with van der Waals surface area (Å²) in [6, 6.07) is 8.96. The van der Waals surface area contributed by atoms with Gasteiger partial charge in [0.05, 0.1) is 24.3 Å². The molecular formula is C14H14N2O3. The van der Waals surface area contributed by atoms with Gasteiger partial charge < -0.3 is 14.7 Å². The Morgan fingerprint density at radius 1 is 1.26 bits per heavy atom. The van der Waals surface area contributed by atoms with Gasteiger partial charge in [0, 0.05) is 18.5 Å². The van der Waals surface area contributed by atoms with Gasteiger partial charge >= 0.3 is 5.97 Å². The minimum atomic E-state index is -0.923. The Hall–Kier alpha value is -2.14. The summed E-state index contributed by atoms with van der Waals surface area (Å²) in [5.74, 6) is -0.215. The molecule has 98 valence electrons. The van der Waals surface area contributed by atoms with Gasteiger partial charge in [-0.2, -0.15) is 0 Å². The van der Waals surface area contributed by atoms with E-state index in [1.54, 1.807) is 12.1 Å². The number of morpholine rings is 1. The summed E-state index contributed by atoms with van der Waals surface area (Å²) in [4.78, 5) is 18.0. The first-order chi connectivity index (χ1) is 9.25. The van der Waals surface area contributed by atoms with Crippen LogP contribution < -0.4 is 4.90 Å². The van der Waals surface area contributed by atoms with E-state index in [1.165, 1.54) is 0 Å². The number of para-hydroxylation sites is 1. The van der Waals surface area contributed by atoms with Gasteiger partial charge in [-0.05, 0) is 12.1 Å². The first kappa shape index (κ1) is 11.9. The van der Waals surface area contributed by atoms with Crippen molar-refractivity contribution in [2.24, 2.45) is 0 Å². The van der Waals surface area contributed by atoms with Crippen LogP contribution >= 0.6 is 0 Å². The summed E-state index contributed by atoms with van der Waals surface area (Å²) in [7, 11) is 0. The summed E-state index contributed by atoms with van der Waals surface area (Å²) in [6.07, 6.45) is 0. The summed E-state index contributed by atoms with van der Waals surface area (Å²) >= 11 is 0. The zero-order valence-corrected chi connectivity index (χ0v) is 10.4. The third kappa shape index (κ3) is 2.24. The highest BCUT2D eigenvalue weighted by Crippen LogP contribution is 2.23. The highest BCUT2D eigenvalue weighted by molar-refractivity contribution is 6.03. The average molecular weight is 258 g/mol. The molecule has 19 heavy (non-hydrogen) atoms. The summed E-state index contributed by atoms with van der Waals surface area (Å²) in [5, 5.41) is 10.0. The molecule has 1 aliphatic heterocycles. The van der Waals surface area contributed by atoms with Crippen molar-refractivity contribution in [3.8, 4) is 0 Å². The quantitative estimate of drug-likeness (QED) is 0.889. The van der Waals surface area contributed by atoms with Gasteiger partial charge in [-0.25, -0.2) is 9.78 Å². The number of carboxylic acid groups (broad SMARTS) is 1. The van der Waals surface area contributed by atoms with Crippen LogP contribution in [0.2, 0.25) is 0 Å². The molecule has 1 aromatic heterocycles. The molecule has 3 rings (SSSR count). The largest absolute Gasteiger partial charge is 0.478 e. The van der Waals surface area contributed by atoms with Crippen LogP contribution in [-0.4, -0.2) is 42.4 Å². The van der Waals surface area contributed by atoms with Crippen molar-refractivity contribution in [2.75, 3.05) is 31.2 Å². The number of anilines is 1. The molecule has 1 N–H and O–H groups in total. The maximum absolute atomic E-state index is 11.4. The topological polar surface area (TPSA) is 62.7 Å². The Bertz CT molecular complexity index is 621. The number of nitrogens with zero attached hydrogens (tertiary/aromatic N) is 2. The summed E-state index contributed by atoms with van der Waals surface area (Å²) < 4.78 is 5.30. The minimum Gasteiger partial charge on any atom is -0.478 e. The summed E-state index contributed by atoms with van der Waals surface area (Å²) in [6.45, 7) is 2.78. The molecule has 0 aliphatic carbocycles. The molecule has 1 fully saturated rings. The van der Waals surface area contributed by atoms with Crippen LogP contribution in [0.15, 0.2) is 30.3 Å². The third-order valence-electron chi connectivity index (χ3n) is 3.27. The number of aromatic nitrogens is 1. The fourth-order valence-electron chi connectivity index (χ4n) is 2.29. The van der Waals surface area contributed by atoms with Crippen molar-refractivity contribution in [1.82, 2.24) is 4.98 Å². The van der Waals surface area contributed by atoms with Crippen molar-refractivity contribution >= 4 is 22.7 Å². The second-order valence-corrected chi connectivity index (χ2v) is 4.45. The van der Waals surface area contributed by atoms with Gasteiger partial charge in [-0.1, -0.05) is 18.2 Å². The highest BCUT2D eigenvalue weighted by atomic mass is 16.5. The molecule has 0 bridgehead atoms. The van der Waals surface area contributed by atoms with Crippen LogP contribution in [0, 0.1) is 0 Å². The number of rotatable bonds is 2. The normalized spacial score (nSPS) is 15.7. The Morgan fingerprint density at radius 3 is 2.74 bits per heavy atom.